The molecule has 0 aromatic carbocycles. The summed E-state index contributed by atoms with van der Waals surface area (Å²) >= 11 is 0. The van der Waals surface area contributed by atoms with Gasteiger partial charge in [0.25, 0.3) is 0 Å². The zero-order valence-electron chi connectivity index (χ0n) is 14.5. The van der Waals surface area contributed by atoms with Gasteiger partial charge < -0.3 is 24.6 Å². The third-order valence-electron chi connectivity index (χ3n) is 3.27. The van der Waals surface area contributed by atoms with Gasteiger partial charge in [-0.25, -0.2) is 4.79 Å². The van der Waals surface area contributed by atoms with Crippen LogP contribution in [0.25, 0.3) is 0 Å². The zero-order valence-corrected chi connectivity index (χ0v) is 14.5. The lowest BCUT2D eigenvalue weighted by Crippen LogP contribution is -2.52. The Morgan fingerprint density at radius 1 is 0.958 bits per heavy atom. The van der Waals surface area contributed by atoms with Gasteiger partial charge in [0, 0.05) is 0 Å². The monoisotopic (exact) mass is 347 g/mol. The third-order valence-corrected chi connectivity index (χ3v) is 3.27. The summed E-state index contributed by atoms with van der Waals surface area (Å²) in [5.74, 6) is -4.76. The fourth-order valence-corrected chi connectivity index (χ4v) is 2.01. The van der Waals surface area contributed by atoms with E-state index in [4.69, 9.17) is 0 Å². The van der Waals surface area contributed by atoms with Gasteiger partial charge in [0.15, 0.2) is 0 Å². The van der Waals surface area contributed by atoms with Crippen LogP contribution >= 0.6 is 0 Å². The fraction of sp³-hybridized carbons (Fsp3) is 0.733. The van der Waals surface area contributed by atoms with Gasteiger partial charge in [-0.05, 0) is 12.3 Å². The first-order valence-electron chi connectivity index (χ1n) is 7.38. The van der Waals surface area contributed by atoms with Gasteiger partial charge in [-0.2, -0.15) is 0 Å². The molecule has 0 radical (unpaired) electrons. The van der Waals surface area contributed by atoms with Crippen LogP contribution in [-0.2, 0) is 33.4 Å². The Morgan fingerprint density at radius 2 is 1.50 bits per heavy atom. The molecular formula is C15H25NO8. The van der Waals surface area contributed by atoms with Crippen molar-refractivity contribution < 1.29 is 38.5 Å². The van der Waals surface area contributed by atoms with Gasteiger partial charge in [-0.15, -0.1) is 0 Å². The summed E-state index contributed by atoms with van der Waals surface area (Å²) in [6.45, 7) is 3.62. The van der Waals surface area contributed by atoms with Crippen molar-refractivity contribution in [1.82, 2.24) is 5.32 Å². The number of aliphatic hydroxyl groups excluding tert-OH is 1. The van der Waals surface area contributed by atoms with Gasteiger partial charge in [0.1, 0.15) is 12.1 Å². The summed E-state index contributed by atoms with van der Waals surface area (Å²) in [6.07, 6.45) is -1.70. The first-order chi connectivity index (χ1) is 11.2. The summed E-state index contributed by atoms with van der Waals surface area (Å²) in [5.41, 5.74) is 0. The van der Waals surface area contributed by atoms with Crippen molar-refractivity contribution in [3.63, 3.8) is 0 Å². The summed E-state index contributed by atoms with van der Waals surface area (Å²) in [4.78, 5) is 47.4. The van der Waals surface area contributed by atoms with Crippen LogP contribution in [0.5, 0.6) is 0 Å². The van der Waals surface area contributed by atoms with Crippen LogP contribution in [0.3, 0.4) is 0 Å². The van der Waals surface area contributed by atoms with E-state index in [9.17, 15) is 24.3 Å². The highest BCUT2D eigenvalue weighted by atomic mass is 16.5. The van der Waals surface area contributed by atoms with Gasteiger partial charge in [0.2, 0.25) is 5.91 Å². The molecule has 9 heteroatoms. The molecular weight excluding hydrogens is 322 g/mol. The lowest BCUT2D eigenvalue weighted by Gasteiger charge is -2.24. The highest BCUT2D eigenvalue weighted by Gasteiger charge is 2.39. The highest BCUT2D eigenvalue weighted by molar-refractivity contribution is 5.92. The van der Waals surface area contributed by atoms with Crippen LogP contribution in [0.1, 0.15) is 26.7 Å². The average Bonchev–Trinajstić information content (AvgIpc) is 2.55. The molecule has 1 amide bonds. The smallest absolute Gasteiger partial charge is 0.329 e. The number of hydrogen-bond donors (Lipinski definition) is 2. The van der Waals surface area contributed by atoms with Crippen molar-refractivity contribution >= 4 is 23.8 Å². The number of ether oxygens (including phenoxy) is 3. The zero-order chi connectivity index (χ0) is 18.9. The van der Waals surface area contributed by atoms with Gasteiger partial charge in [-0.1, -0.05) is 13.8 Å². The lowest BCUT2D eigenvalue weighted by atomic mass is 9.95. The number of carbonyl (C=O) groups is 4. The van der Waals surface area contributed by atoms with Crippen LogP contribution in [-0.4, -0.2) is 62.4 Å². The Balaban J connectivity index is 5.38. The maximum atomic E-state index is 12.0. The van der Waals surface area contributed by atoms with E-state index in [0.717, 1.165) is 21.3 Å². The van der Waals surface area contributed by atoms with Crippen molar-refractivity contribution in [2.24, 2.45) is 11.8 Å². The minimum absolute atomic E-state index is 0.0359. The van der Waals surface area contributed by atoms with E-state index >= 15 is 0 Å². The minimum atomic E-state index is -1.49. The van der Waals surface area contributed by atoms with E-state index in [1.54, 1.807) is 0 Å². The molecule has 24 heavy (non-hydrogen) atoms. The van der Waals surface area contributed by atoms with E-state index in [1.807, 2.05) is 13.8 Å². The second kappa shape index (κ2) is 10.6. The van der Waals surface area contributed by atoms with Crippen molar-refractivity contribution in [3.8, 4) is 0 Å². The van der Waals surface area contributed by atoms with Crippen molar-refractivity contribution in [3.05, 3.63) is 0 Å². The molecule has 0 aromatic heterocycles. The molecule has 3 atom stereocenters. The van der Waals surface area contributed by atoms with Gasteiger partial charge >= 0.3 is 17.9 Å². The van der Waals surface area contributed by atoms with E-state index in [0.29, 0.717) is 0 Å². The van der Waals surface area contributed by atoms with Crippen LogP contribution in [0.2, 0.25) is 0 Å². The number of methoxy groups -OCH3 is 3. The Kier molecular flexibility index (Phi) is 9.63. The number of rotatable bonds is 9. The molecule has 0 aliphatic rings. The molecule has 0 unspecified atom stereocenters. The largest absolute Gasteiger partial charge is 0.469 e. The first kappa shape index (κ1) is 21.8. The van der Waals surface area contributed by atoms with Crippen molar-refractivity contribution in [1.29, 1.82) is 0 Å². The number of aliphatic hydroxyl groups is 1. The van der Waals surface area contributed by atoms with E-state index in [2.05, 4.69) is 19.5 Å². The molecule has 0 aliphatic heterocycles. The van der Waals surface area contributed by atoms with Crippen LogP contribution in [0.4, 0.5) is 0 Å². The SMILES string of the molecule is COC(=O)C[C@@H](C(=O)OC)[C@H](NC(=O)[C@@H](O)CC(C)C)C(=O)OC. The number of amides is 1. The second-order valence-corrected chi connectivity index (χ2v) is 5.56. The molecule has 2 N–H and O–H groups in total. The first-order valence-corrected chi connectivity index (χ1v) is 7.38. The molecule has 0 rings (SSSR count). The number of esters is 3. The summed E-state index contributed by atoms with van der Waals surface area (Å²) in [6, 6.07) is -1.49. The maximum absolute atomic E-state index is 12.0. The molecule has 9 nitrogen and oxygen atoms in total. The van der Waals surface area contributed by atoms with Crippen LogP contribution in [0, 0.1) is 11.8 Å². The van der Waals surface area contributed by atoms with Gasteiger partial charge in [-0.3, -0.25) is 14.4 Å². The Morgan fingerprint density at radius 3 is 1.92 bits per heavy atom. The minimum Gasteiger partial charge on any atom is -0.469 e. The van der Waals surface area contributed by atoms with Gasteiger partial charge in [0.05, 0.1) is 33.7 Å². The van der Waals surface area contributed by atoms with E-state index in [1.165, 1.54) is 0 Å². The topological polar surface area (TPSA) is 128 Å². The quantitative estimate of drug-likeness (QED) is 0.418. The second-order valence-electron chi connectivity index (χ2n) is 5.56. The predicted molar refractivity (Wildman–Crippen MR) is 81.5 cm³/mol. The molecule has 0 aromatic rings. The normalized spacial score (nSPS) is 14.3. The highest BCUT2D eigenvalue weighted by Crippen LogP contribution is 2.15. The molecule has 0 heterocycles. The third kappa shape index (κ3) is 6.95. The Labute approximate surface area is 140 Å². The van der Waals surface area contributed by atoms with Crippen molar-refractivity contribution in [2.75, 3.05) is 21.3 Å². The Bertz CT molecular complexity index is 462. The molecule has 0 bridgehead atoms. The summed E-state index contributed by atoms with van der Waals surface area (Å²) in [7, 11) is 3.27. The molecule has 138 valence electrons. The molecule has 0 aliphatic carbocycles. The maximum Gasteiger partial charge on any atom is 0.329 e. The average molecular weight is 347 g/mol. The van der Waals surface area contributed by atoms with Crippen LogP contribution < -0.4 is 5.32 Å². The predicted octanol–water partition coefficient (Wildman–Crippen LogP) is -0.596. The molecule has 0 saturated carbocycles. The van der Waals surface area contributed by atoms with E-state index in [-0.39, 0.29) is 12.3 Å². The van der Waals surface area contributed by atoms with Crippen molar-refractivity contribution in [2.45, 2.75) is 38.8 Å². The standard InChI is InChI=1S/C15H25NO8/c1-8(2)6-10(17)13(19)16-12(15(21)24-5)9(14(20)23-4)7-11(18)22-3/h8-10,12,17H,6-7H2,1-5H3,(H,16,19)/t9-,10+,12+/m1/s1. The molecule has 0 spiro atoms. The Hall–Kier alpha value is -2.16. The number of nitrogens with one attached hydrogen (secondary N) is 1. The molecule has 0 saturated heterocycles. The van der Waals surface area contributed by atoms with Crippen LogP contribution in [0.15, 0.2) is 0 Å². The number of carbonyl (C=O) groups excluding carboxylic acids is 4. The molecule has 0 fully saturated rings. The summed E-state index contributed by atoms with van der Waals surface area (Å²) < 4.78 is 13.6. The summed E-state index contributed by atoms with van der Waals surface area (Å²) in [5, 5.41) is 12.1. The van der Waals surface area contributed by atoms with E-state index < -0.39 is 48.3 Å². The number of hydrogen-bond acceptors (Lipinski definition) is 8. The lowest BCUT2D eigenvalue weighted by molar-refractivity contribution is -0.160. The fourth-order valence-electron chi connectivity index (χ4n) is 2.01.